The Morgan fingerprint density at radius 3 is 1.95 bits per heavy atom. The predicted molar refractivity (Wildman–Crippen MR) is 254 cm³/mol. The Morgan fingerprint density at radius 1 is 0.410 bits per heavy atom. The van der Waals surface area contributed by atoms with E-state index in [1.807, 2.05) is 47.7 Å². The monoisotopic (exact) mass is 796 g/mol. The molecule has 0 N–H and O–H groups in total. The fourth-order valence-electron chi connectivity index (χ4n) is 9.28. The first-order valence-electron chi connectivity index (χ1n) is 20.4. The molecule has 0 fully saturated rings. The van der Waals surface area contributed by atoms with Gasteiger partial charge in [0.15, 0.2) is 11.6 Å². The second kappa shape index (κ2) is 13.3. The molecule has 5 nitrogen and oxygen atoms in total. The topological polar surface area (TPSA) is 56.7 Å². The molecule has 13 aromatic rings. The van der Waals surface area contributed by atoms with Crippen molar-refractivity contribution in [1.82, 2.24) is 19.5 Å². The van der Waals surface area contributed by atoms with Crippen LogP contribution in [0.15, 0.2) is 199 Å². The van der Waals surface area contributed by atoms with Crippen molar-refractivity contribution >= 4 is 86.0 Å². The fourth-order valence-corrected chi connectivity index (χ4v) is 10.5. The summed E-state index contributed by atoms with van der Waals surface area (Å²) < 4.78 is 11.2. The highest BCUT2D eigenvalue weighted by atomic mass is 32.1. The van der Waals surface area contributed by atoms with Gasteiger partial charge in [-0.3, -0.25) is 4.57 Å². The predicted octanol–water partition coefficient (Wildman–Crippen LogP) is 15.1. The molecule has 13 rings (SSSR count). The Hall–Kier alpha value is -7.93. The SMILES string of the molecule is c1ccc(-c2nc(-c3ccc4c(c3)oc3ccccc34)nc(-n3c4ccc5ccccc5c4c4cccc(-c5cccc(-c6cccc7c6sc6ccccc67)c5)c43)n2)cc1. The Balaban J connectivity index is 1.08. The molecular formula is C55H32N4OS. The van der Waals surface area contributed by atoms with Gasteiger partial charge < -0.3 is 4.42 Å². The van der Waals surface area contributed by atoms with Gasteiger partial charge in [-0.05, 0) is 63.9 Å². The maximum Gasteiger partial charge on any atom is 0.238 e. The smallest absolute Gasteiger partial charge is 0.238 e. The minimum absolute atomic E-state index is 0.544. The number of thiophene rings is 1. The van der Waals surface area contributed by atoms with Crippen molar-refractivity contribution in [3.8, 4) is 51.0 Å². The van der Waals surface area contributed by atoms with Gasteiger partial charge in [-0.25, -0.2) is 4.98 Å². The summed E-state index contributed by atoms with van der Waals surface area (Å²) in [6.45, 7) is 0. The largest absolute Gasteiger partial charge is 0.456 e. The Labute approximate surface area is 353 Å². The number of hydrogen-bond acceptors (Lipinski definition) is 5. The van der Waals surface area contributed by atoms with E-state index >= 15 is 0 Å². The summed E-state index contributed by atoms with van der Waals surface area (Å²) in [6, 6.07) is 68.6. The van der Waals surface area contributed by atoms with Crippen LogP contribution in [0.4, 0.5) is 0 Å². The van der Waals surface area contributed by atoms with E-state index in [0.29, 0.717) is 17.6 Å². The van der Waals surface area contributed by atoms with E-state index < -0.39 is 0 Å². The van der Waals surface area contributed by atoms with Gasteiger partial charge in [0.25, 0.3) is 0 Å². The molecule has 0 aliphatic carbocycles. The normalized spacial score (nSPS) is 11.9. The lowest BCUT2D eigenvalue weighted by atomic mass is 9.96. The highest BCUT2D eigenvalue weighted by Gasteiger charge is 2.23. The number of benzene rings is 9. The molecule has 0 unspecified atom stereocenters. The van der Waals surface area contributed by atoms with Crippen LogP contribution in [-0.2, 0) is 0 Å². The quantitative estimate of drug-likeness (QED) is 0.174. The first kappa shape index (κ1) is 34.0. The van der Waals surface area contributed by atoms with Crippen molar-refractivity contribution in [1.29, 1.82) is 0 Å². The summed E-state index contributed by atoms with van der Waals surface area (Å²) in [5, 5.41) is 9.38. The van der Waals surface area contributed by atoms with E-state index in [1.54, 1.807) is 0 Å². The van der Waals surface area contributed by atoms with Crippen LogP contribution in [-0.4, -0.2) is 19.5 Å². The van der Waals surface area contributed by atoms with Gasteiger partial charge in [-0.15, -0.1) is 11.3 Å². The van der Waals surface area contributed by atoms with E-state index in [2.05, 4.69) is 162 Å². The maximum absolute atomic E-state index is 6.36. The van der Waals surface area contributed by atoms with E-state index in [0.717, 1.165) is 66.0 Å². The summed E-state index contributed by atoms with van der Waals surface area (Å²) >= 11 is 1.86. The lowest BCUT2D eigenvalue weighted by Crippen LogP contribution is -2.07. The fraction of sp³-hybridized carbons (Fsp3) is 0. The molecule has 6 heteroatoms. The number of hydrogen-bond donors (Lipinski definition) is 0. The summed E-state index contributed by atoms with van der Waals surface area (Å²) in [7, 11) is 0. The number of rotatable bonds is 5. The van der Waals surface area contributed by atoms with Gasteiger partial charge in [-0.1, -0.05) is 158 Å². The van der Waals surface area contributed by atoms with Crippen molar-refractivity contribution in [2.75, 3.05) is 0 Å². The molecule has 4 aromatic heterocycles. The summed E-state index contributed by atoms with van der Waals surface area (Å²) in [6.07, 6.45) is 0. The average Bonchev–Trinajstić information content (AvgIpc) is 4.01. The molecule has 0 aliphatic rings. The van der Waals surface area contributed by atoms with E-state index in [-0.39, 0.29) is 0 Å². The van der Waals surface area contributed by atoms with Crippen molar-refractivity contribution in [2.45, 2.75) is 0 Å². The number of para-hydroxylation sites is 2. The lowest BCUT2D eigenvalue weighted by Gasteiger charge is -2.14. The van der Waals surface area contributed by atoms with Crippen molar-refractivity contribution < 1.29 is 4.42 Å². The molecule has 0 saturated carbocycles. The van der Waals surface area contributed by atoms with Gasteiger partial charge in [0, 0.05) is 58.4 Å². The first-order valence-corrected chi connectivity index (χ1v) is 21.2. The molecule has 0 saturated heterocycles. The summed E-state index contributed by atoms with van der Waals surface area (Å²) in [5.74, 6) is 1.71. The molecule has 61 heavy (non-hydrogen) atoms. The van der Waals surface area contributed by atoms with Gasteiger partial charge in [0.05, 0.1) is 11.0 Å². The van der Waals surface area contributed by atoms with Crippen LogP contribution in [0.25, 0.3) is 126 Å². The van der Waals surface area contributed by atoms with E-state index in [9.17, 15) is 0 Å². The molecule has 0 atom stereocenters. The van der Waals surface area contributed by atoms with Crippen LogP contribution in [0.1, 0.15) is 0 Å². The van der Waals surface area contributed by atoms with Crippen molar-refractivity contribution in [2.24, 2.45) is 0 Å². The molecular weight excluding hydrogens is 765 g/mol. The van der Waals surface area contributed by atoms with Crippen LogP contribution >= 0.6 is 11.3 Å². The number of aromatic nitrogens is 4. The zero-order chi connectivity index (χ0) is 40.0. The molecule has 0 spiro atoms. The molecule has 284 valence electrons. The minimum Gasteiger partial charge on any atom is -0.456 e. The zero-order valence-electron chi connectivity index (χ0n) is 32.6. The number of fused-ring (bicyclic) bond motifs is 11. The summed E-state index contributed by atoms with van der Waals surface area (Å²) in [4.78, 5) is 15.8. The highest BCUT2D eigenvalue weighted by Crippen LogP contribution is 2.44. The van der Waals surface area contributed by atoms with Crippen molar-refractivity contribution in [3.63, 3.8) is 0 Å². The molecule has 0 aliphatic heterocycles. The van der Waals surface area contributed by atoms with E-state index in [1.165, 1.54) is 42.1 Å². The van der Waals surface area contributed by atoms with Gasteiger partial charge >= 0.3 is 0 Å². The summed E-state index contributed by atoms with van der Waals surface area (Å²) in [5.41, 5.74) is 10.1. The minimum atomic E-state index is 0.544. The van der Waals surface area contributed by atoms with Crippen molar-refractivity contribution in [3.05, 3.63) is 194 Å². The molecule has 0 radical (unpaired) electrons. The van der Waals surface area contributed by atoms with E-state index in [4.69, 9.17) is 19.4 Å². The third-order valence-electron chi connectivity index (χ3n) is 12.1. The van der Waals surface area contributed by atoms with Gasteiger partial charge in [0.1, 0.15) is 11.2 Å². The molecule has 0 amide bonds. The molecule has 0 bridgehead atoms. The first-order chi connectivity index (χ1) is 30.2. The third kappa shape index (κ3) is 5.29. The van der Waals surface area contributed by atoms with Crippen LogP contribution in [0.5, 0.6) is 0 Å². The number of nitrogens with zero attached hydrogens (tertiary/aromatic N) is 4. The van der Waals surface area contributed by atoms with Crippen LogP contribution in [0, 0.1) is 0 Å². The zero-order valence-corrected chi connectivity index (χ0v) is 33.4. The Bertz CT molecular complexity index is 3900. The van der Waals surface area contributed by atoms with Crippen LogP contribution in [0.3, 0.4) is 0 Å². The molecule has 4 heterocycles. The Morgan fingerprint density at radius 2 is 1.07 bits per heavy atom. The van der Waals surface area contributed by atoms with Gasteiger partial charge in [-0.2, -0.15) is 9.97 Å². The second-order valence-electron chi connectivity index (χ2n) is 15.5. The maximum atomic E-state index is 6.36. The third-order valence-corrected chi connectivity index (χ3v) is 13.3. The second-order valence-corrected chi connectivity index (χ2v) is 16.6. The standard InChI is InChI=1S/C55H32N4OS/c1-2-14-34(15-3-1)53-56-54(37-27-29-42-41-19-6-8-25-47(41)60-48(42)32-37)58-55(57-53)59-46-30-28-33-13-4-5-18-38(33)50(46)45-24-11-21-39(51(45)59)35-16-10-17-36(31-35)40-22-12-23-44-43-20-7-9-26-49(43)61-52(40)44/h1-32H. The highest BCUT2D eigenvalue weighted by molar-refractivity contribution is 7.26. The lowest BCUT2D eigenvalue weighted by molar-refractivity contribution is 0.669. The average molecular weight is 797 g/mol. The Kier molecular flexibility index (Phi) is 7.41. The number of furan rings is 1. The van der Waals surface area contributed by atoms with Crippen LogP contribution < -0.4 is 0 Å². The van der Waals surface area contributed by atoms with Gasteiger partial charge in [0.2, 0.25) is 5.95 Å². The molecule has 9 aromatic carbocycles. The van der Waals surface area contributed by atoms with Crippen LogP contribution in [0.2, 0.25) is 0 Å².